The van der Waals surface area contributed by atoms with Gasteiger partial charge in [-0.2, -0.15) is 0 Å². The van der Waals surface area contributed by atoms with Crippen LogP contribution in [0.4, 0.5) is 0 Å². The molecule has 4 heteroatoms. The second-order valence-electron chi connectivity index (χ2n) is 4.33. The summed E-state index contributed by atoms with van der Waals surface area (Å²) >= 11 is 1.79. The number of aromatic hydroxyl groups is 1. The Bertz CT molecular complexity index is 537. The molecule has 0 aliphatic heterocycles. The summed E-state index contributed by atoms with van der Waals surface area (Å²) in [7, 11) is 1.56. The number of aryl methyl sites for hydroxylation is 1. The molecule has 1 aromatic heterocycles. The van der Waals surface area contributed by atoms with Crippen LogP contribution in [0.25, 0.3) is 0 Å². The van der Waals surface area contributed by atoms with Crippen molar-refractivity contribution in [1.82, 2.24) is 5.32 Å². The molecule has 2 aromatic rings. The molecule has 102 valence electrons. The quantitative estimate of drug-likeness (QED) is 0.851. The van der Waals surface area contributed by atoms with Crippen LogP contribution in [0.1, 0.15) is 22.9 Å². The van der Waals surface area contributed by atoms with Crippen molar-refractivity contribution >= 4 is 11.3 Å². The molecular formula is C15H19NO2S. The first-order valence-corrected chi connectivity index (χ1v) is 7.24. The molecule has 1 heterocycles. The highest BCUT2D eigenvalue weighted by molar-refractivity contribution is 7.10. The average molecular weight is 277 g/mol. The maximum Gasteiger partial charge on any atom is 0.160 e. The summed E-state index contributed by atoms with van der Waals surface area (Å²) in [5.74, 6) is 0.697. The van der Waals surface area contributed by atoms with E-state index in [1.165, 1.54) is 10.4 Å². The van der Waals surface area contributed by atoms with Crippen LogP contribution in [-0.2, 0) is 19.5 Å². The third-order valence-electron chi connectivity index (χ3n) is 3.08. The lowest BCUT2D eigenvalue weighted by Crippen LogP contribution is -2.12. The van der Waals surface area contributed by atoms with Crippen molar-refractivity contribution in [3.8, 4) is 11.5 Å². The number of phenols is 1. The highest BCUT2D eigenvalue weighted by Gasteiger charge is 2.04. The molecule has 0 saturated heterocycles. The van der Waals surface area contributed by atoms with Crippen molar-refractivity contribution in [2.24, 2.45) is 0 Å². The average Bonchev–Trinajstić information content (AvgIpc) is 2.88. The van der Waals surface area contributed by atoms with Crippen LogP contribution >= 0.6 is 11.3 Å². The van der Waals surface area contributed by atoms with E-state index in [0.717, 1.165) is 25.1 Å². The summed E-state index contributed by atoms with van der Waals surface area (Å²) in [6, 6.07) is 7.61. The van der Waals surface area contributed by atoms with Crippen molar-refractivity contribution in [2.45, 2.75) is 26.4 Å². The highest BCUT2D eigenvalue weighted by Crippen LogP contribution is 2.26. The monoisotopic (exact) mass is 277 g/mol. The minimum Gasteiger partial charge on any atom is -0.504 e. The number of phenolic OH excluding ortho intramolecular Hbond substituents is 1. The fourth-order valence-corrected chi connectivity index (χ4v) is 2.94. The molecule has 1 aromatic carbocycles. The standard InChI is InChI=1S/C15H19NO2S/c1-3-12-6-7-19-15(12)10-16-9-11-4-5-13(17)14(8-11)18-2/h4-8,16-17H,3,9-10H2,1-2H3. The maximum atomic E-state index is 9.54. The van der Waals surface area contributed by atoms with Crippen molar-refractivity contribution in [2.75, 3.05) is 7.11 Å². The van der Waals surface area contributed by atoms with Gasteiger partial charge in [0.15, 0.2) is 11.5 Å². The molecule has 0 amide bonds. The number of hydrogen-bond acceptors (Lipinski definition) is 4. The van der Waals surface area contributed by atoms with Crippen molar-refractivity contribution in [1.29, 1.82) is 0 Å². The van der Waals surface area contributed by atoms with Crippen molar-refractivity contribution < 1.29 is 9.84 Å². The molecule has 3 nitrogen and oxygen atoms in total. The van der Waals surface area contributed by atoms with E-state index in [1.54, 1.807) is 24.5 Å². The first-order chi connectivity index (χ1) is 9.24. The molecule has 0 radical (unpaired) electrons. The summed E-state index contributed by atoms with van der Waals surface area (Å²) in [5.41, 5.74) is 2.52. The van der Waals surface area contributed by atoms with Crippen LogP contribution < -0.4 is 10.1 Å². The van der Waals surface area contributed by atoms with E-state index in [0.29, 0.717) is 5.75 Å². The van der Waals surface area contributed by atoms with Gasteiger partial charge in [0.25, 0.3) is 0 Å². The molecule has 0 fully saturated rings. The Morgan fingerprint density at radius 2 is 2.11 bits per heavy atom. The summed E-state index contributed by atoms with van der Waals surface area (Å²) in [6.07, 6.45) is 1.08. The van der Waals surface area contributed by atoms with E-state index < -0.39 is 0 Å². The first-order valence-electron chi connectivity index (χ1n) is 6.36. The van der Waals surface area contributed by atoms with Gasteiger partial charge in [-0.1, -0.05) is 13.0 Å². The molecule has 2 rings (SSSR count). The van der Waals surface area contributed by atoms with Crippen molar-refractivity contribution in [3.05, 3.63) is 45.6 Å². The molecule has 0 atom stereocenters. The summed E-state index contributed by atoms with van der Waals surface area (Å²) in [6.45, 7) is 3.82. The predicted octanol–water partition coefficient (Wildman–Crippen LogP) is 3.31. The van der Waals surface area contributed by atoms with E-state index in [1.807, 2.05) is 12.1 Å². The Morgan fingerprint density at radius 1 is 1.26 bits per heavy atom. The molecule has 2 N–H and O–H groups in total. The lowest BCUT2D eigenvalue weighted by molar-refractivity contribution is 0.373. The maximum absolute atomic E-state index is 9.54. The summed E-state index contributed by atoms with van der Waals surface area (Å²) < 4.78 is 5.10. The smallest absolute Gasteiger partial charge is 0.160 e. The molecule has 0 aliphatic carbocycles. The van der Waals surface area contributed by atoms with Gasteiger partial charge in [0.1, 0.15) is 0 Å². The number of rotatable bonds is 6. The van der Waals surface area contributed by atoms with E-state index in [-0.39, 0.29) is 5.75 Å². The zero-order valence-electron chi connectivity index (χ0n) is 11.3. The van der Waals surface area contributed by atoms with Gasteiger partial charge in [-0.05, 0) is 41.1 Å². The Kier molecular flexibility index (Phi) is 4.82. The molecule has 0 bridgehead atoms. The lowest BCUT2D eigenvalue weighted by Gasteiger charge is -2.08. The van der Waals surface area contributed by atoms with Gasteiger partial charge in [0, 0.05) is 18.0 Å². The topological polar surface area (TPSA) is 41.5 Å². The zero-order valence-corrected chi connectivity index (χ0v) is 12.1. The molecule has 0 aliphatic rings. The number of thiophene rings is 1. The minimum absolute atomic E-state index is 0.178. The van der Waals surface area contributed by atoms with Crippen LogP contribution in [0.5, 0.6) is 11.5 Å². The first kappa shape index (κ1) is 13.9. The van der Waals surface area contributed by atoms with Crippen LogP contribution in [0, 0.1) is 0 Å². The number of hydrogen-bond donors (Lipinski definition) is 2. The SMILES string of the molecule is CCc1ccsc1CNCc1ccc(O)c(OC)c1. The molecule has 0 spiro atoms. The third-order valence-corrected chi connectivity index (χ3v) is 4.04. The number of benzene rings is 1. The Labute approximate surface area is 117 Å². The number of nitrogens with one attached hydrogen (secondary N) is 1. The van der Waals surface area contributed by atoms with E-state index in [4.69, 9.17) is 4.74 Å². The van der Waals surface area contributed by atoms with Gasteiger partial charge in [-0.25, -0.2) is 0 Å². The summed E-state index contributed by atoms with van der Waals surface area (Å²) in [5, 5.41) is 15.1. The zero-order chi connectivity index (χ0) is 13.7. The second kappa shape index (κ2) is 6.59. The van der Waals surface area contributed by atoms with Gasteiger partial charge in [-0.3, -0.25) is 0 Å². The predicted molar refractivity (Wildman–Crippen MR) is 78.9 cm³/mol. The van der Waals surface area contributed by atoms with E-state index >= 15 is 0 Å². The van der Waals surface area contributed by atoms with Gasteiger partial charge in [0.05, 0.1) is 7.11 Å². The molecular weight excluding hydrogens is 258 g/mol. The van der Waals surface area contributed by atoms with Crippen LogP contribution in [0.3, 0.4) is 0 Å². The molecule has 0 saturated carbocycles. The number of methoxy groups -OCH3 is 1. The third kappa shape index (κ3) is 3.49. The Morgan fingerprint density at radius 3 is 2.84 bits per heavy atom. The molecule has 19 heavy (non-hydrogen) atoms. The normalized spacial score (nSPS) is 10.6. The Hall–Kier alpha value is -1.52. The van der Waals surface area contributed by atoms with Crippen molar-refractivity contribution in [3.63, 3.8) is 0 Å². The van der Waals surface area contributed by atoms with E-state index in [2.05, 4.69) is 23.7 Å². The van der Waals surface area contributed by atoms with Crippen LogP contribution in [0.15, 0.2) is 29.6 Å². The minimum atomic E-state index is 0.178. The van der Waals surface area contributed by atoms with Crippen LogP contribution in [0.2, 0.25) is 0 Å². The van der Waals surface area contributed by atoms with Gasteiger partial charge in [0.2, 0.25) is 0 Å². The fraction of sp³-hybridized carbons (Fsp3) is 0.333. The van der Waals surface area contributed by atoms with Gasteiger partial charge >= 0.3 is 0 Å². The van der Waals surface area contributed by atoms with Crippen LogP contribution in [-0.4, -0.2) is 12.2 Å². The van der Waals surface area contributed by atoms with Gasteiger partial charge < -0.3 is 15.2 Å². The Balaban J connectivity index is 1.92. The number of ether oxygens (including phenoxy) is 1. The molecule has 0 unspecified atom stereocenters. The van der Waals surface area contributed by atoms with E-state index in [9.17, 15) is 5.11 Å². The highest BCUT2D eigenvalue weighted by atomic mass is 32.1. The largest absolute Gasteiger partial charge is 0.504 e. The second-order valence-corrected chi connectivity index (χ2v) is 5.33. The lowest BCUT2D eigenvalue weighted by atomic mass is 10.2. The summed E-state index contributed by atoms with van der Waals surface area (Å²) in [4.78, 5) is 1.40. The van der Waals surface area contributed by atoms with Gasteiger partial charge in [-0.15, -0.1) is 11.3 Å². The fourth-order valence-electron chi connectivity index (χ4n) is 1.99.